The van der Waals surface area contributed by atoms with Crippen molar-refractivity contribution in [1.29, 1.82) is 0 Å². The third kappa shape index (κ3) is 4.68. The van der Waals surface area contributed by atoms with Crippen molar-refractivity contribution >= 4 is 5.91 Å². The number of rotatable bonds is 4. The molecule has 0 unspecified atom stereocenters. The maximum Gasteiger partial charge on any atom is 0.223 e. The number of aliphatic hydroxyl groups is 1. The molecule has 0 heterocycles. The van der Waals surface area contributed by atoms with E-state index in [0.717, 1.165) is 57.9 Å². The molecule has 2 fully saturated rings. The zero-order valence-corrected chi connectivity index (χ0v) is 13.7. The minimum Gasteiger partial charge on any atom is -0.388 e. The van der Waals surface area contributed by atoms with Gasteiger partial charge < -0.3 is 16.2 Å². The maximum atomic E-state index is 12.3. The van der Waals surface area contributed by atoms with Gasteiger partial charge in [-0.1, -0.05) is 13.8 Å². The standard InChI is InChI=1S/C17H32N2O2/c1-16(2)7-9-17(21,10-8-16)12-19-15(20)14-5-3-13(11-18)4-6-14/h13-14,21H,3-12,18H2,1-2H3,(H,19,20). The molecule has 21 heavy (non-hydrogen) atoms. The van der Waals surface area contributed by atoms with Crippen molar-refractivity contribution in [3.63, 3.8) is 0 Å². The lowest BCUT2D eigenvalue weighted by Crippen LogP contribution is -2.48. The molecule has 0 radical (unpaired) electrons. The van der Waals surface area contributed by atoms with Gasteiger partial charge in [-0.15, -0.1) is 0 Å². The molecule has 0 atom stereocenters. The predicted octanol–water partition coefficient (Wildman–Crippen LogP) is 2.20. The molecule has 4 nitrogen and oxygen atoms in total. The molecule has 122 valence electrons. The first-order valence-corrected chi connectivity index (χ1v) is 8.54. The molecule has 4 N–H and O–H groups in total. The highest BCUT2D eigenvalue weighted by molar-refractivity contribution is 5.78. The highest BCUT2D eigenvalue weighted by Crippen LogP contribution is 2.40. The minimum atomic E-state index is -0.695. The Morgan fingerprint density at radius 1 is 1.14 bits per heavy atom. The second-order valence-corrected chi connectivity index (χ2v) is 8.06. The van der Waals surface area contributed by atoms with Crippen LogP contribution in [0.2, 0.25) is 0 Å². The fraction of sp³-hybridized carbons (Fsp3) is 0.941. The summed E-state index contributed by atoms with van der Waals surface area (Å²) < 4.78 is 0. The Morgan fingerprint density at radius 3 is 2.24 bits per heavy atom. The topological polar surface area (TPSA) is 75.3 Å². The second-order valence-electron chi connectivity index (χ2n) is 8.06. The number of hydrogen-bond donors (Lipinski definition) is 3. The van der Waals surface area contributed by atoms with Crippen molar-refractivity contribution in [1.82, 2.24) is 5.32 Å². The molecule has 0 spiro atoms. The largest absolute Gasteiger partial charge is 0.388 e. The SMILES string of the molecule is CC1(C)CCC(O)(CNC(=O)C2CCC(CN)CC2)CC1. The van der Waals surface area contributed by atoms with Crippen LogP contribution in [0.15, 0.2) is 0 Å². The Kier molecular flexibility index (Phi) is 5.31. The molecule has 0 saturated heterocycles. The summed E-state index contributed by atoms with van der Waals surface area (Å²) in [7, 11) is 0. The zero-order chi connectivity index (χ0) is 15.5. The van der Waals surface area contributed by atoms with Crippen molar-refractivity contribution in [2.75, 3.05) is 13.1 Å². The average molecular weight is 296 g/mol. The predicted molar refractivity (Wildman–Crippen MR) is 84.7 cm³/mol. The Bertz CT molecular complexity index is 350. The van der Waals surface area contributed by atoms with Crippen LogP contribution >= 0.6 is 0 Å². The van der Waals surface area contributed by atoms with Gasteiger partial charge in [0.25, 0.3) is 0 Å². The van der Waals surface area contributed by atoms with E-state index in [4.69, 9.17) is 5.73 Å². The van der Waals surface area contributed by atoms with Gasteiger partial charge in [0, 0.05) is 12.5 Å². The quantitative estimate of drug-likeness (QED) is 0.744. The van der Waals surface area contributed by atoms with Gasteiger partial charge in [0.1, 0.15) is 0 Å². The molecule has 0 aromatic carbocycles. The molecule has 0 aromatic rings. The Morgan fingerprint density at radius 2 is 1.71 bits per heavy atom. The molecular formula is C17H32N2O2. The normalized spacial score (nSPS) is 31.6. The van der Waals surface area contributed by atoms with Gasteiger partial charge in [-0.3, -0.25) is 4.79 Å². The zero-order valence-electron chi connectivity index (χ0n) is 13.7. The third-order valence-electron chi connectivity index (χ3n) is 5.68. The van der Waals surface area contributed by atoms with Crippen molar-refractivity contribution in [2.24, 2.45) is 23.0 Å². The van der Waals surface area contributed by atoms with E-state index >= 15 is 0 Å². The summed E-state index contributed by atoms with van der Waals surface area (Å²) in [6, 6.07) is 0. The highest BCUT2D eigenvalue weighted by atomic mass is 16.3. The van der Waals surface area contributed by atoms with E-state index in [9.17, 15) is 9.90 Å². The molecule has 2 saturated carbocycles. The molecule has 0 aromatic heterocycles. The number of nitrogens with two attached hydrogens (primary N) is 1. The fourth-order valence-corrected chi connectivity index (χ4v) is 3.63. The number of carbonyl (C=O) groups is 1. The molecule has 2 rings (SSSR count). The smallest absolute Gasteiger partial charge is 0.223 e. The third-order valence-corrected chi connectivity index (χ3v) is 5.68. The maximum absolute atomic E-state index is 12.3. The van der Waals surface area contributed by atoms with Crippen molar-refractivity contribution in [3.05, 3.63) is 0 Å². The summed E-state index contributed by atoms with van der Waals surface area (Å²) in [4.78, 5) is 12.3. The lowest BCUT2D eigenvalue weighted by molar-refractivity contribution is -0.128. The molecule has 2 aliphatic rings. The van der Waals surface area contributed by atoms with Gasteiger partial charge in [-0.05, 0) is 69.2 Å². The Balaban J connectivity index is 1.74. The first-order valence-electron chi connectivity index (χ1n) is 8.54. The van der Waals surface area contributed by atoms with E-state index in [1.807, 2.05) is 0 Å². The number of hydrogen-bond acceptors (Lipinski definition) is 3. The number of carbonyl (C=O) groups excluding carboxylic acids is 1. The average Bonchev–Trinajstić information content (AvgIpc) is 2.49. The second kappa shape index (κ2) is 6.66. The summed E-state index contributed by atoms with van der Waals surface area (Å²) >= 11 is 0. The van der Waals surface area contributed by atoms with Crippen LogP contribution in [0, 0.1) is 17.3 Å². The Hall–Kier alpha value is -0.610. The van der Waals surface area contributed by atoms with Crippen molar-refractivity contribution < 1.29 is 9.90 Å². The van der Waals surface area contributed by atoms with Crippen LogP contribution in [-0.4, -0.2) is 29.7 Å². The van der Waals surface area contributed by atoms with Gasteiger partial charge in [0.05, 0.1) is 5.60 Å². The van der Waals surface area contributed by atoms with Crippen LogP contribution in [0.25, 0.3) is 0 Å². The molecule has 0 aliphatic heterocycles. The summed E-state index contributed by atoms with van der Waals surface area (Å²) in [5, 5.41) is 13.6. The number of nitrogens with one attached hydrogen (secondary N) is 1. The molecule has 4 heteroatoms. The van der Waals surface area contributed by atoms with Gasteiger partial charge >= 0.3 is 0 Å². The molecule has 1 amide bonds. The first-order chi connectivity index (χ1) is 9.84. The van der Waals surface area contributed by atoms with E-state index in [0.29, 0.717) is 17.9 Å². The highest BCUT2D eigenvalue weighted by Gasteiger charge is 2.37. The summed E-state index contributed by atoms with van der Waals surface area (Å²) in [5.74, 6) is 0.846. The van der Waals surface area contributed by atoms with Crippen molar-refractivity contribution in [2.45, 2.75) is 70.8 Å². The summed E-state index contributed by atoms with van der Waals surface area (Å²) in [6.45, 7) is 5.66. The van der Waals surface area contributed by atoms with Crippen LogP contribution in [0.5, 0.6) is 0 Å². The lowest BCUT2D eigenvalue weighted by Gasteiger charge is -2.40. The van der Waals surface area contributed by atoms with Gasteiger partial charge in [0.2, 0.25) is 5.91 Å². The molecule has 2 aliphatic carbocycles. The molecule has 0 bridgehead atoms. The van der Waals surface area contributed by atoms with E-state index in [1.54, 1.807) is 0 Å². The van der Waals surface area contributed by atoms with Crippen LogP contribution in [-0.2, 0) is 4.79 Å². The Labute approximate surface area is 128 Å². The summed E-state index contributed by atoms with van der Waals surface area (Å²) in [5.41, 5.74) is 5.32. The fourth-order valence-electron chi connectivity index (χ4n) is 3.63. The van der Waals surface area contributed by atoms with Gasteiger partial charge in [-0.25, -0.2) is 0 Å². The van der Waals surface area contributed by atoms with Crippen molar-refractivity contribution in [3.8, 4) is 0 Å². The van der Waals surface area contributed by atoms with E-state index in [-0.39, 0.29) is 11.8 Å². The van der Waals surface area contributed by atoms with Gasteiger partial charge in [0.15, 0.2) is 0 Å². The van der Waals surface area contributed by atoms with Gasteiger partial charge in [-0.2, -0.15) is 0 Å². The van der Waals surface area contributed by atoms with Crippen LogP contribution in [0.1, 0.15) is 65.2 Å². The van der Waals surface area contributed by atoms with Crippen LogP contribution in [0.3, 0.4) is 0 Å². The lowest BCUT2D eigenvalue weighted by atomic mass is 9.71. The van der Waals surface area contributed by atoms with E-state index in [2.05, 4.69) is 19.2 Å². The molecular weight excluding hydrogens is 264 g/mol. The summed E-state index contributed by atoms with van der Waals surface area (Å²) in [6.07, 6.45) is 7.65. The van der Waals surface area contributed by atoms with Crippen LogP contribution < -0.4 is 11.1 Å². The monoisotopic (exact) mass is 296 g/mol. The van der Waals surface area contributed by atoms with E-state index < -0.39 is 5.60 Å². The van der Waals surface area contributed by atoms with E-state index in [1.165, 1.54) is 0 Å². The minimum absolute atomic E-state index is 0.122. The van der Waals surface area contributed by atoms with Crippen LogP contribution in [0.4, 0.5) is 0 Å². The number of amides is 1. The first kappa shape index (κ1) is 16.8.